The Bertz CT molecular complexity index is 470. The van der Waals surface area contributed by atoms with Gasteiger partial charge in [0.15, 0.2) is 0 Å². The maximum Gasteiger partial charge on any atom is 0.239 e. The van der Waals surface area contributed by atoms with Crippen LogP contribution in [0.25, 0.3) is 0 Å². The lowest BCUT2D eigenvalue weighted by Gasteiger charge is -2.17. The van der Waals surface area contributed by atoms with Crippen LogP contribution in [0.5, 0.6) is 0 Å². The third-order valence-electron chi connectivity index (χ3n) is 2.98. The van der Waals surface area contributed by atoms with Crippen LogP contribution in [0.15, 0.2) is 0 Å². The van der Waals surface area contributed by atoms with Crippen LogP contribution in [0.3, 0.4) is 0 Å². The summed E-state index contributed by atoms with van der Waals surface area (Å²) < 4.78 is 0. The van der Waals surface area contributed by atoms with Crippen LogP contribution in [0.1, 0.15) is 67.2 Å². The monoisotopic (exact) mass is 340 g/mol. The molecule has 0 aliphatic heterocycles. The lowest BCUT2D eigenvalue weighted by atomic mass is 9.89. The van der Waals surface area contributed by atoms with Gasteiger partial charge < -0.3 is 10.6 Å². The topological polar surface area (TPSA) is 92.3 Å². The maximum atomic E-state index is 11.7. The molecule has 138 valence electrons. The van der Waals surface area contributed by atoms with Crippen LogP contribution >= 0.6 is 0 Å². The number of ketones is 2. The molecular formula is C18H32N2O4. The first kappa shape index (κ1) is 22.3. The standard InChI is InChI=1S/C18H32N2O4/c1-17(2,3)10-13(21)7-8-19-16(24)12-20-15(23)9-14(22)11-18(4,5)6/h7-12H2,1-6H3,(H,19,24)(H,20,23). The number of carbonyl (C=O) groups excluding carboxylic acids is 4. The molecule has 0 unspecified atom stereocenters. The van der Waals surface area contributed by atoms with Crippen molar-refractivity contribution in [3.05, 3.63) is 0 Å². The zero-order valence-electron chi connectivity index (χ0n) is 15.9. The quantitative estimate of drug-likeness (QED) is 0.628. The Hall–Kier alpha value is -1.72. The van der Waals surface area contributed by atoms with Gasteiger partial charge in [-0.05, 0) is 10.8 Å². The molecule has 0 rings (SSSR count). The van der Waals surface area contributed by atoms with E-state index in [0.717, 1.165) is 0 Å². The van der Waals surface area contributed by atoms with E-state index in [1.54, 1.807) is 0 Å². The average molecular weight is 340 g/mol. The molecule has 0 saturated heterocycles. The Balaban J connectivity index is 3.92. The summed E-state index contributed by atoms with van der Waals surface area (Å²) in [5, 5.41) is 5.01. The van der Waals surface area contributed by atoms with E-state index >= 15 is 0 Å². The predicted octanol–water partition coefficient (Wildman–Crippen LogP) is 2.01. The first-order valence-corrected chi connectivity index (χ1v) is 8.35. The lowest BCUT2D eigenvalue weighted by Crippen LogP contribution is -2.38. The average Bonchev–Trinajstić information content (AvgIpc) is 2.31. The number of hydrogen-bond acceptors (Lipinski definition) is 4. The molecule has 2 N–H and O–H groups in total. The van der Waals surface area contributed by atoms with Crippen molar-refractivity contribution in [3.8, 4) is 0 Å². The third-order valence-corrected chi connectivity index (χ3v) is 2.98. The molecule has 0 fully saturated rings. The molecule has 0 aromatic carbocycles. The second-order valence-corrected chi connectivity index (χ2v) is 8.61. The van der Waals surface area contributed by atoms with Gasteiger partial charge in [-0.2, -0.15) is 0 Å². The Labute approximate surface area is 145 Å². The van der Waals surface area contributed by atoms with Gasteiger partial charge >= 0.3 is 0 Å². The summed E-state index contributed by atoms with van der Waals surface area (Å²) in [5.74, 6) is -0.869. The molecule has 0 atom stereocenters. The highest BCUT2D eigenvalue weighted by Crippen LogP contribution is 2.20. The summed E-state index contributed by atoms with van der Waals surface area (Å²) in [6.45, 7) is 11.8. The highest BCUT2D eigenvalue weighted by Gasteiger charge is 2.19. The highest BCUT2D eigenvalue weighted by molar-refractivity contribution is 5.99. The lowest BCUT2D eigenvalue weighted by molar-refractivity contribution is -0.131. The fourth-order valence-corrected chi connectivity index (χ4v) is 2.16. The molecule has 0 spiro atoms. The molecule has 0 saturated carbocycles. The van der Waals surface area contributed by atoms with Gasteiger partial charge in [0.25, 0.3) is 0 Å². The van der Waals surface area contributed by atoms with E-state index < -0.39 is 5.91 Å². The Morgan fingerprint density at radius 1 is 0.708 bits per heavy atom. The fourth-order valence-electron chi connectivity index (χ4n) is 2.16. The van der Waals surface area contributed by atoms with Crippen molar-refractivity contribution >= 4 is 23.4 Å². The maximum absolute atomic E-state index is 11.7. The summed E-state index contributed by atoms with van der Waals surface area (Å²) in [6.07, 6.45) is 0.855. The predicted molar refractivity (Wildman–Crippen MR) is 93.4 cm³/mol. The molecule has 0 aromatic rings. The minimum absolute atomic E-state index is 0.0609. The number of nitrogens with one attached hydrogen (secondary N) is 2. The van der Waals surface area contributed by atoms with Crippen molar-refractivity contribution in [2.24, 2.45) is 10.8 Å². The molecule has 6 heteroatoms. The van der Waals surface area contributed by atoms with Crippen LogP contribution in [-0.4, -0.2) is 36.5 Å². The van der Waals surface area contributed by atoms with Crippen molar-refractivity contribution in [1.29, 1.82) is 0 Å². The molecule has 0 aromatic heterocycles. The fraction of sp³-hybridized carbons (Fsp3) is 0.778. The van der Waals surface area contributed by atoms with Crippen LogP contribution in [0.4, 0.5) is 0 Å². The molecule has 0 heterocycles. The van der Waals surface area contributed by atoms with Gasteiger partial charge in [-0.15, -0.1) is 0 Å². The molecule has 0 aliphatic rings. The minimum Gasteiger partial charge on any atom is -0.354 e. The minimum atomic E-state index is -0.455. The van der Waals surface area contributed by atoms with E-state index in [0.29, 0.717) is 12.8 Å². The molecule has 0 bridgehead atoms. The Morgan fingerprint density at radius 2 is 1.21 bits per heavy atom. The van der Waals surface area contributed by atoms with E-state index in [1.807, 2.05) is 41.5 Å². The zero-order valence-corrected chi connectivity index (χ0v) is 15.9. The van der Waals surface area contributed by atoms with Gasteiger partial charge in [0.05, 0.1) is 13.0 Å². The Morgan fingerprint density at radius 3 is 1.71 bits per heavy atom. The number of Topliss-reactive ketones (excluding diaryl/α,β-unsaturated/α-hetero) is 2. The van der Waals surface area contributed by atoms with E-state index in [-0.39, 0.29) is 54.2 Å². The summed E-state index contributed by atoms with van der Waals surface area (Å²) >= 11 is 0. The van der Waals surface area contributed by atoms with Crippen molar-refractivity contribution in [2.75, 3.05) is 13.1 Å². The Kier molecular flexibility index (Phi) is 8.86. The number of hydrogen-bond donors (Lipinski definition) is 2. The van der Waals surface area contributed by atoms with E-state index in [2.05, 4.69) is 10.6 Å². The van der Waals surface area contributed by atoms with Crippen molar-refractivity contribution < 1.29 is 19.2 Å². The molecule has 24 heavy (non-hydrogen) atoms. The second kappa shape index (κ2) is 9.55. The van der Waals surface area contributed by atoms with E-state index in [1.165, 1.54) is 0 Å². The summed E-state index contributed by atoms with van der Waals surface area (Å²) in [7, 11) is 0. The van der Waals surface area contributed by atoms with Crippen LogP contribution in [-0.2, 0) is 19.2 Å². The van der Waals surface area contributed by atoms with Crippen molar-refractivity contribution in [3.63, 3.8) is 0 Å². The summed E-state index contributed by atoms with van der Waals surface area (Å²) in [4.78, 5) is 46.6. The summed E-state index contributed by atoms with van der Waals surface area (Å²) in [6, 6.07) is 0. The van der Waals surface area contributed by atoms with Crippen LogP contribution < -0.4 is 10.6 Å². The number of carbonyl (C=O) groups is 4. The molecule has 2 amide bonds. The molecular weight excluding hydrogens is 308 g/mol. The van der Waals surface area contributed by atoms with Crippen LogP contribution in [0.2, 0.25) is 0 Å². The summed E-state index contributed by atoms with van der Waals surface area (Å²) in [5.41, 5.74) is -0.219. The normalized spacial score (nSPS) is 11.8. The van der Waals surface area contributed by atoms with Crippen molar-refractivity contribution in [1.82, 2.24) is 10.6 Å². The van der Waals surface area contributed by atoms with Gasteiger partial charge in [0.1, 0.15) is 11.6 Å². The van der Waals surface area contributed by atoms with Gasteiger partial charge in [-0.25, -0.2) is 0 Å². The zero-order chi connectivity index (χ0) is 19.0. The van der Waals surface area contributed by atoms with Gasteiger partial charge in [-0.1, -0.05) is 41.5 Å². The number of amides is 2. The van der Waals surface area contributed by atoms with E-state index in [4.69, 9.17) is 0 Å². The van der Waals surface area contributed by atoms with Gasteiger partial charge in [0.2, 0.25) is 11.8 Å². The molecule has 0 radical (unpaired) electrons. The largest absolute Gasteiger partial charge is 0.354 e. The smallest absolute Gasteiger partial charge is 0.239 e. The van der Waals surface area contributed by atoms with Crippen LogP contribution in [0, 0.1) is 10.8 Å². The van der Waals surface area contributed by atoms with E-state index in [9.17, 15) is 19.2 Å². The van der Waals surface area contributed by atoms with Gasteiger partial charge in [-0.3, -0.25) is 19.2 Å². The second-order valence-electron chi connectivity index (χ2n) is 8.61. The first-order valence-electron chi connectivity index (χ1n) is 8.35. The van der Waals surface area contributed by atoms with Crippen molar-refractivity contribution in [2.45, 2.75) is 67.2 Å². The first-order chi connectivity index (χ1) is 10.8. The molecule has 0 aliphatic carbocycles. The third kappa shape index (κ3) is 13.9. The van der Waals surface area contributed by atoms with Gasteiger partial charge in [0, 0.05) is 25.8 Å². The highest BCUT2D eigenvalue weighted by atomic mass is 16.2. The molecule has 6 nitrogen and oxygen atoms in total. The SMILES string of the molecule is CC(C)(C)CC(=O)CCNC(=O)CNC(=O)CC(=O)CC(C)(C)C. The number of rotatable bonds is 9.